The zero-order chi connectivity index (χ0) is 13.8. The van der Waals surface area contributed by atoms with Crippen LogP contribution in [-0.2, 0) is 6.18 Å². The van der Waals surface area contributed by atoms with E-state index in [2.05, 4.69) is 5.43 Å². The molecule has 0 aliphatic heterocycles. The van der Waals surface area contributed by atoms with E-state index in [1.54, 1.807) is 17.8 Å². The molecular formula is C12H17F3N2S. The summed E-state index contributed by atoms with van der Waals surface area (Å²) in [6.07, 6.45) is -4.32. The van der Waals surface area contributed by atoms with Crippen molar-refractivity contribution < 1.29 is 13.2 Å². The maximum Gasteiger partial charge on any atom is 0.416 e. The van der Waals surface area contributed by atoms with Gasteiger partial charge >= 0.3 is 6.18 Å². The van der Waals surface area contributed by atoms with E-state index in [1.165, 1.54) is 6.07 Å². The lowest BCUT2D eigenvalue weighted by Crippen LogP contribution is -2.30. The second kappa shape index (κ2) is 6.45. The van der Waals surface area contributed by atoms with Crippen LogP contribution in [0, 0.1) is 0 Å². The van der Waals surface area contributed by atoms with E-state index in [-0.39, 0.29) is 6.04 Å². The molecule has 0 heterocycles. The first-order valence-corrected chi connectivity index (χ1v) is 6.64. The summed E-state index contributed by atoms with van der Waals surface area (Å²) in [5.74, 6) is 6.04. The van der Waals surface area contributed by atoms with Crippen molar-refractivity contribution in [1.82, 2.24) is 5.43 Å². The first-order valence-electron chi connectivity index (χ1n) is 5.59. The minimum Gasteiger partial charge on any atom is -0.271 e. The largest absolute Gasteiger partial charge is 0.416 e. The quantitative estimate of drug-likeness (QED) is 0.641. The second-order valence-corrected chi connectivity index (χ2v) is 5.83. The normalized spacial score (nSPS) is 13.9. The lowest BCUT2D eigenvalue weighted by molar-refractivity contribution is -0.137. The third-order valence-corrected chi connectivity index (χ3v) is 3.61. The smallest absolute Gasteiger partial charge is 0.271 e. The highest BCUT2D eigenvalue weighted by molar-refractivity contribution is 7.99. The molecule has 1 atom stereocenters. The number of thioether (sulfide) groups is 1. The lowest BCUT2D eigenvalue weighted by atomic mass is 10.1. The van der Waals surface area contributed by atoms with Gasteiger partial charge in [-0.05, 0) is 22.9 Å². The molecule has 102 valence electrons. The molecule has 0 bridgehead atoms. The van der Waals surface area contributed by atoms with Crippen molar-refractivity contribution in [2.45, 2.75) is 31.3 Å². The van der Waals surface area contributed by atoms with Crippen LogP contribution in [0.1, 0.15) is 31.0 Å². The summed E-state index contributed by atoms with van der Waals surface area (Å²) < 4.78 is 37.8. The van der Waals surface area contributed by atoms with Crippen LogP contribution in [0.4, 0.5) is 13.2 Å². The van der Waals surface area contributed by atoms with Gasteiger partial charge in [-0.25, -0.2) is 0 Å². The van der Waals surface area contributed by atoms with Crippen LogP contribution in [0.15, 0.2) is 24.3 Å². The number of rotatable bonds is 5. The highest BCUT2D eigenvalue weighted by Gasteiger charge is 2.30. The van der Waals surface area contributed by atoms with E-state index in [1.807, 2.05) is 13.8 Å². The predicted molar refractivity (Wildman–Crippen MR) is 69.1 cm³/mol. The second-order valence-electron chi connectivity index (χ2n) is 4.22. The van der Waals surface area contributed by atoms with Crippen LogP contribution in [0.25, 0.3) is 0 Å². The average Bonchev–Trinajstić information content (AvgIpc) is 2.29. The standard InChI is InChI=1S/C12H17F3N2S/c1-8(2)18-7-11(17-16)9-4-3-5-10(6-9)12(13,14)15/h3-6,8,11,17H,7,16H2,1-2H3. The van der Waals surface area contributed by atoms with E-state index in [0.29, 0.717) is 16.6 Å². The molecule has 1 unspecified atom stereocenters. The summed E-state index contributed by atoms with van der Waals surface area (Å²) >= 11 is 1.65. The minimum atomic E-state index is -4.32. The molecule has 0 aromatic heterocycles. The average molecular weight is 278 g/mol. The number of hydrogen-bond donors (Lipinski definition) is 2. The highest BCUT2D eigenvalue weighted by atomic mass is 32.2. The van der Waals surface area contributed by atoms with Crippen molar-refractivity contribution in [2.75, 3.05) is 5.75 Å². The molecule has 0 radical (unpaired) electrons. The molecule has 2 nitrogen and oxygen atoms in total. The van der Waals surface area contributed by atoms with Crippen LogP contribution >= 0.6 is 11.8 Å². The zero-order valence-electron chi connectivity index (χ0n) is 10.3. The summed E-state index contributed by atoms with van der Waals surface area (Å²) in [4.78, 5) is 0. The molecule has 0 aliphatic carbocycles. The SMILES string of the molecule is CC(C)SCC(NN)c1cccc(C(F)(F)F)c1. The third-order valence-electron chi connectivity index (χ3n) is 2.41. The molecule has 0 aliphatic rings. The van der Waals surface area contributed by atoms with E-state index < -0.39 is 11.7 Å². The van der Waals surface area contributed by atoms with E-state index in [9.17, 15) is 13.2 Å². The Morgan fingerprint density at radius 3 is 2.50 bits per heavy atom. The monoisotopic (exact) mass is 278 g/mol. The number of benzene rings is 1. The molecule has 1 rings (SSSR count). The van der Waals surface area contributed by atoms with Crippen molar-refractivity contribution in [1.29, 1.82) is 0 Å². The molecule has 1 aromatic rings. The van der Waals surface area contributed by atoms with Gasteiger partial charge in [-0.2, -0.15) is 24.9 Å². The van der Waals surface area contributed by atoms with Gasteiger partial charge in [0.2, 0.25) is 0 Å². The van der Waals surface area contributed by atoms with Gasteiger partial charge in [0.05, 0.1) is 11.6 Å². The Kier molecular flexibility index (Phi) is 5.49. The van der Waals surface area contributed by atoms with Crippen LogP contribution < -0.4 is 11.3 Å². The first kappa shape index (κ1) is 15.3. The van der Waals surface area contributed by atoms with E-state index >= 15 is 0 Å². The van der Waals surface area contributed by atoms with Crippen molar-refractivity contribution in [2.24, 2.45) is 5.84 Å². The Morgan fingerprint density at radius 1 is 1.33 bits per heavy atom. The number of alkyl halides is 3. The Labute approximate surface area is 109 Å². The van der Waals surface area contributed by atoms with Gasteiger partial charge in [0.25, 0.3) is 0 Å². The number of hydrogen-bond acceptors (Lipinski definition) is 3. The van der Waals surface area contributed by atoms with Crippen molar-refractivity contribution >= 4 is 11.8 Å². The topological polar surface area (TPSA) is 38.0 Å². The third kappa shape index (κ3) is 4.51. The molecule has 1 aromatic carbocycles. The highest BCUT2D eigenvalue weighted by Crippen LogP contribution is 2.31. The van der Waals surface area contributed by atoms with Crippen molar-refractivity contribution in [3.8, 4) is 0 Å². The maximum atomic E-state index is 12.6. The van der Waals surface area contributed by atoms with E-state index in [4.69, 9.17) is 5.84 Å². The predicted octanol–water partition coefficient (Wildman–Crippen LogP) is 3.35. The van der Waals surface area contributed by atoms with Gasteiger partial charge in [0.15, 0.2) is 0 Å². The van der Waals surface area contributed by atoms with Crippen LogP contribution in [0.2, 0.25) is 0 Å². The zero-order valence-corrected chi connectivity index (χ0v) is 11.1. The summed E-state index contributed by atoms with van der Waals surface area (Å²) in [5, 5.41) is 0.409. The molecule has 6 heteroatoms. The fourth-order valence-electron chi connectivity index (χ4n) is 1.46. The Morgan fingerprint density at radius 2 is 2.00 bits per heavy atom. The minimum absolute atomic E-state index is 0.278. The Hall–Kier alpha value is -0.720. The Balaban J connectivity index is 2.86. The summed E-state index contributed by atoms with van der Waals surface area (Å²) in [6.45, 7) is 4.06. The maximum absolute atomic E-state index is 12.6. The summed E-state index contributed by atoms with van der Waals surface area (Å²) in [7, 11) is 0. The molecule has 0 saturated carbocycles. The number of hydrazine groups is 1. The molecule has 0 saturated heterocycles. The van der Waals surface area contributed by atoms with Crippen LogP contribution in [0.3, 0.4) is 0 Å². The fourth-order valence-corrected chi connectivity index (χ4v) is 2.33. The number of nitrogens with two attached hydrogens (primary N) is 1. The molecular weight excluding hydrogens is 261 g/mol. The molecule has 0 fully saturated rings. The van der Waals surface area contributed by atoms with E-state index in [0.717, 1.165) is 12.1 Å². The van der Waals surface area contributed by atoms with Gasteiger partial charge in [0.1, 0.15) is 0 Å². The van der Waals surface area contributed by atoms with Crippen molar-refractivity contribution in [3.05, 3.63) is 35.4 Å². The molecule has 0 spiro atoms. The first-order chi connectivity index (χ1) is 8.34. The van der Waals surface area contributed by atoms with Gasteiger partial charge in [0, 0.05) is 5.75 Å². The fraction of sp³-hybridized carbons (Fsp3) is 0.500. The number of nitrogens with one attached hydrogen (secondary N) is 1. The van der Waals surface area contributed by atoms with Gasteiger partial charge < -0.3 is 0 Å². The summed E-state index contributed by atoms with van der Waals surface area (Å²) in [6, 6.07) is 4.99. The molecule has 0 amide bonds. The molecule has 18 heavy (non-hydrogen) atoms. The van der Waals surface area contributed by atoms with Crippen LogP contribution in [0.5, 0.6) is 0 Å². The summed E-state index contributed by atoms with van der Waals surface area (Å²) in [5.41, 5.74) is 2.48. The van der Waals surface area contributed by atoms with Gasteiger partial charge in [-0.3, -0.25) is 11.3 Å². The van der Waals surface area contributed by atoms with Crippen molar-refractivity contribution in [3.63, 3.8) is 0 Å². The lowest BCUT2D eigenvalue weighted by Gasteiger charge is -2.18. The van der Waals surface area contributed by atoms with Gasteiger partial charge in [-0.1, -0.05) is 26.0 Å². The van der Waals surface area contributed by atoms with Crippen LogP contribution in [-0.4, -0.2) is 11.0 Å². The molecule has 3 N–H and O–H groups in total. The Bertz CT molecular complexity index is 380. The number of halogens is 3. The van der Waals surface area contributed by atoms with Gasteiger partial charge in [-0.15, -0.1) is 0 Å².